The minimum absolute atomic E-state index is 0.0671. The highest BCUT2D eigenvalue weighted by Crippen LogP contribution is 2.35. The van der Waals surface area contributed by atoms with Crippen LogP contribution in [0.4, 0.5) is 0 Å². The first-order valence-electron chi connectivity index (χ1n) is 7.85. The lowest BCUT2D eigenvalue weighted by Gasteiger charge is -2.19. The fourth-order valence-corrected chi connectivity index (χ4v) is 4.40. The van der Waals surface area contributed by atoms with Crippen molar-refractivity contribution in [1.82, 2.24) is 5.01 Å². The minimum Gasteiger partial charge on any atom is -0.503 e. The van der Waals surface area contributed by atoms with Crippen molar-refractivity contribution in [2.45, 2.75) is 19.0 Å². The van der Waals surface area contributed by atoms with Crippen LogP contribution < -0.4 is 4.57 Å². The van der Waals surface area contributed by atoms with Gasteiger partial charge in [-0.25, -0.2) is 5.01 Å². The van der Waals surface area contributed by atoms with Gasteiger partial charge in [0, 0.05) is 17.4 Å². The molecule has 1 atom stereocenters. The molecule has 4 heterocycles. The molecule has 126 valence electrons. The van der Waals surface area contributed by atoms with Crippen LogP contribution in [0.3, 0.4) is 0 Å². The maximum atomic E-state index is 12.9. The van der Waals surface area contributed by atoms with Gasteiger partial charge in [-0.15, -0.1) is 22.7 Å². The zero-order valence-corrected chi connectivity index (χ0v) is 14.9. The van der Waals surface area contributed by atoms with Gasteiger partial charge in [-0.05, 0) is 29.0 Å². The summed E-state index contributed by atoms with van der Waals surface area (Å²) in [5, 5.41) is 19.9. The summed E-state index contributed by atoms with van der Waals surface area (Å²) in [4.78, 5) is 15.1. The summed E-state index contributed by atoms with van der Waals surface area (Å²) in [7, 11) is 0. The van der Waals surface area contributed by atoms with Gasteiger partial charge in [0.05, 0.1) is 16.6 Å². The highest BCUT2D eigenvalue weighted by Gasteiger charge is 2.35. The van der Waals surface area contributed by atoms with Crippen LogP contribution in [-0.4, -0.2) is 21.7 Å². The normalized spacial score (nSPS) is 16.9. The smallest absolute Gasteiger partial charge is 0.309 e. The van der Waals surface area contributed by atoms with E-state index in [0.717, 1.165) is 21.9 Å². The molecule has 0 fully saturated rings. The van der Waals surface area contributed by atoms with E-state index in [-0.39, 0.29) is 24.2 Å². The van der Waals surface area contributed by atoms with Crippen molar-refractivity contribution in [1.29, 1.82) is 0 Å². The van der Waals surface area contributed by atoms with Crippen LogP contribution in [0.25, 0.3) is 0 Å². The van der Waals surface area contributed by atoms with Crippen LogP contribution in [-0.2, 0) is 11.3 Å². The molecule has 1 amide bonds. The van der Waals surface area contributed by atoms with Crippen molar-refractivity contribution < 1.29 is 14.5 Å². The molecular formula is C18H16N3O2S2+. The number of aromatic hydroxyl groups is 1. The molecule has 3 aromatic heterocycles. The Morgan fingerprint density at radius 2 is 2.08 bits per heavy atom. The number of hydrogen-bond acceptors (Lipinski definition) is 5. The van der Waals surface area contributed by atoms with Crippen molar-refractivity contribution in [3.05, 3.63) is 69.3 Å². The Labute approximate surface area is 153 Å². The molecule has 7 heteroatoms. The number of rotatable bonds is 4. The molecule has 0 saturated carbocycles. The number of carbonyl (C=O) groups excluding carboxylic acids is 1. The van der Waals surface area contributed by atoms with Gasteiger partial charge < -0.3 is 5.11 Å². The highest BCUT2D eigenvalue weighted by molar-refractivity contribution is 7.12. The summed E-state index contributed by atoms with van der Waals surface area (Å²) in [6.45, 7) is 0.136. The molecule has 5 nitrogen and oxygen atoms in total. The summed E-state index contributed by atoms with van der Waals surface area (Å²) in [5.74, 6) is 0.0369. The van der Waals surface area contributed by atoms with E-state index in [1.165, 1.54) is 6.20 Å². The van der Waals surface area contributed by atoms with Gasteiger partial charge in [-0.2, -0.15) is 9.67 Å². The predicted octanol–water partition coefficient (Wildman–Crippen LogP) is 3.18. The molecule has 0 radical (unpaired) electrons. The van der Waals surface area contributed by atoms with Crippen molar-refractivity contribution in [3.8, 4) is 5.75 Å². The van der Waals surface area contributed by atoms with Gasteiger partial charge in [-0.3, -0.25) is 4.79 Å². The molecule has 0 spiro atoms. The lowest BCUT2D eigenvalue weighted by Crippen LogP contribution is -2.42. The number of nitrogens with zero attached hydrogens (tertiary/aromatic N) is 3. The number of aromatic nitrogens is 1. The van der Waals surface area contributed by atoms with Crippen molar-refractivity contribution >= 4 is 34.3 Å². The fourth-order valence-electron chi connectivity index (χ4n) is 2.87. The first kappa shape index (κ1) is 16.0. The molecule has 25 heavy (non-hydrogen) atoms. The van der Waals surface area contributed by atoms with E-state index in [2.05, 4.69) is 5.10 Å². The van der Waals surface area contributed by atoms with Gasteiger partial charge in [0.1, 0.15) is 0 Å². The van der Waals surface area contributed by atoms with Crippen LogP contribution in [0, 0.1) is 0 Å². The summed E-state index contributed by atoms with van der Waals surface area (Å²) in [6, 6.07) is 11.3. The topological polar surface area (TPSA) is 56.8 Å². The standard InChI is InChI=1S/C18H15N3O2S2/c22-13-4-1-7-20(11-13)12-18(23)21-15(17-6-3-9-25-17)10-14(19-21)16-5-2-8-24-16/h1-9,11,15H,10,12H2/p+1/t15-/m1/s1. The van der Waals surface area contributed by atoms with E-state index in [1.807, 2.05) is 35.0 Å². The van der Waals surface area contributed by atoms with E-state index in [0.29, 0.717) is 0 Å². The van der Waals surface area contributed by atoms with E-state index < -0.39 is 0 Å². The van der Waals surface area contributed by atoms with E-state index in [9.17, 15) is 9.90 Å². The van der Waals surface area contributed by atoms with Crippen LogP contribution in [0.15, 0.2) is 64.7 Å². The van der Waals surface area contributed by atoms with Crippen LogP contribution in [0.1, 0.15) is 22.2 Å². The molecular weight excluding hydrogens is 354 g/mol. The zero-order valence-electron chi connectivity index (χ0n) is 13.3. The first-order valence-corrected chi connectivity index (χ1v) is 9.61. The number of pyridine rings is 1. The molecule has 0 aliphatic carbocycles. The Morgan fingerprint density at radius 3 is 2.80 bits per heavy atom. The maximum absolute atomic E-state index is 12.9. The summed E-state index contributed by atoms with van der Waals surface area (Å²) < 4.78 is 1.67. The summed E-state index contributed by atoms with van der Waals surface area (Å²) >= 11 is 3.27. The third-order valence-corrected chi connectivity index (χ3v) is 5.90. The van der Waals surface area contributed by atoms with Gasteiger partial charge >= 0.3 is 5.91 Å². The molecule has 1 N–H and O–H groups in total. The summed E-state index contributed by atoms with van der Waals surface area (Å²) in [5.41, 5.74) is 0.947. The monoisotopic (exact) mass is 370 g/mol. The third-order valence-electron chi connectivity index (χ3n) is 4.00. The van der Waals surface area contributed by atoms with Gasteiger partial charge in [0.2, 0.25) is 12.7 Å². The Hall–Kier alpha value is -2.51. The van der Waals surface area contributed by atoms with Crippen molar-refractivity contribution in [2.24, 2.45) is 5.10 Å². The van der Waals surface area contributed by atoms with Gasteiger partial charge in [-0.1, -0.05) is 12.1 Å². The third kappa shape index (κ3) is 3.33. The molecule has 0 aromatic carbocycles. The number of carbonyl (C=O) groups is 1. The second-order valence-electron chi connectivity index (χ2n) is 5.73. The first-order chi connectivity index (χ1) is 12.2. The second-order valence-corrected chi connectivity index (χ2v) is 7.66. The summed E-state index contributed by atoms with van der Waals surface area (Å²) in [6.07, 6.45) is 4.02. The van der Waals surface area contributed by atoms with E-state index in [4.69, 9.17) is 0 Å². The van der Waals surface area contributed by atoms with Crippen LogP contribution in [0.2, 0.25) is 0 Å². The number of hydrazone groups is 1. The van der Waals surface area contributed by atoms with E-state index >= 15 is 0 Å². The minimum atomic E-state index is -0.0967. The number of hydrogen-bond donors (Lipinski definition) is 1. The molecule has 3 aromatic rings. The number of thiophene rings is 2. The SMILES string of the molecule is O=C(C[n+]1cccc(O)c1)N1N=C(c2cccs2)C[C@@H]1c1cccs1. The average Bonchev–Trinajstić information content (AvgIpc) is 3.34. The zero-order chi connectivity index (χ0) is 17.2. The number of amides is 1. The molecule has 4 rings (SSSR count). The fraction of sp³-hybridized carbons (Fsp3) is 0.167. The lowest BCUT2D eigenvalue weighted by atomic mass is 10.1. The Balaban J connectivity index is 1.62. The Bertz CT molecular complexity index is 904. The molecule has 0 unspecified atom stereocenters. The molecule has 1 aliphatic heterocycles. The second kappa shape index (κ2) is 6.78. The van der Waals surface area contributed by atoms with Crippen LogP contribution >= 0.6 is 22.7 Å². The van der Waals surface area contributed by atoms with Crippen LogP contribution in [0.5, 0.6) is 5.75 Å². The highest BCUT2D eigenvalue weighted by atomic mass is 32.1. The maximum Gasteiger partial charge on any atom is 0.309 e. The van der Waals surface area contributed by atoms with Crippen molar-refractivity contribution in [3.63, 3.8) is 0 Å². The van der Waals surface area contributed by atoms with Crippen molar-refractivity contribution in [2.75, 3.05) is 0 Å². The lowest BCUT2D eigenvalue weighted by molar-refractivity contribution is -0.685. The predicted molar refractivity (Wildman–Crippen MR) is 97.7 cm³/mol. The molecule has 0 bridgehead atoms. The van der Waals surface area contributed by atoms with Gasteiger partial charge in [0.15, 0.2) is 11.9 Å². The van der Waals surface area contributed by atoms with E-state index in [1.54, 1.807) is 50.6 Å². The quantitative estimate of drug-likeness (QED) is 0.717. The van der Waals surface area contributed by atoms with Gasteiger partial charge in [0.25, 0.3) is 0 Å². The molecule has 1 aliphatic rings. The molecule has 0 saturated heterocycles. The Morgan fingerprint density at radius 1 is 1.24 bits per heavy atom. The Kier molecular flexibility index (Phi) is 4.33. The average molecular weight is 370 g/mol. The largest absolute Gasteiger partial charge is 0.503 e.